The first-order chi connectivity index (χ1) is 8.91. The second kappa shape index (κ2) is 3.77. The number of nitrogens with two attached hydrogens (primary N) is 1. The van der Waals surface area contributed by atoms with Gasteiger partial charge in [0, 0.05) is 6.42 Å². The fourth-order valence-corrected chi connectivity index (χ4v) is 2.46. The van der Waals surface area contributed by atoms with E-state index in [9.17, 15) is 14.0 Å². The molecular weight excluding hydrogens is 257 g/mol. The number of hydrogen-bond acceptors (Lipinski definition) is 6. The van der Waals surface area contributed by atoms with Crippen LogP contribution in [0.1, 0.15) is 19.6 Å². The van der Waals surface area contributed by atoms with Crippen LogP contribution in [-0.4, -0.2) is 28.2 Å². The molecule has 0 bridgehead atoms. The molecule has 3 rings (SSSR count). The topological polar surface area (TPSA) is 96.4 Å². The second-order valence-electron chi connectivity index (χ2n) is 4.96. The number of carbonyl (C=O) groups excluding carboxylic acids is 1. The van der Waals surface area contributed by atoms with E-state index in [2.05, 4.69) is 4.98 Å². The van der Waals surface area contributed by atoms with Crippen LogP contribution in [-0.2, 0) is 14.3 Å². The van der Waals surface area contributed by atoms with Gasteiger partial charge in [-0.15, -0.1) is 0 Å². The highest BCUT2D eigenvalue weighted by Gasteiger charge is 2.56. The summed E-state index contributed by atoms with van der Waals surface area (Å²) in [5.74, 6) is -1.62. The van der Waals surface area contributed by atoms with Crippen molar-refractivity contribution in [3.63, 3.8) is 0 Å². The Morgan fingerprint density at radius 2 is 2.32 bits per heavy atom. The molecule has 0 amide bonds. The normalized spacial score (nSPS) is 33.3. The molecule has 0 saturated carbocycles. The summed E-state index contributed by atoms with van der Waals surface area (Å²) in [6.07, 6.45) is 0.0162. The standard InChI is InChI=1S/C11H12FN3O4/c1-11-2-7(19-6(11)4-18-9(11)16)15-3-5(12)8(13)14-10(15)17/h3,6-7H,2,4H2,1H3,(H2,13,14,17)/t6-,7?,11?/m1/s1. The van der Waals surface area contributed by atoms with Crippen molar-refractivity contribution in [2.45, 2.75) is 25.7 Å². The first-order valence-electron chi connectivity index (χ1n) is 5.78. The van der Waals surface area contributed by atoms with Crippen molar-refractivity contribution in [3.05, 3.63) is 22.5 Å². The lowest BCUT2D eigenvalue weighted by molar-refractivity contribution is -0.145. The molecule has 7 nitrogen and oxygen atoms in total. The van der Waals surface area contributed by atoms with E-state index >= 15 is 0 Å². The van der Waals surface area contributed by atoms with Crippen LogP contribution in [0.4, 0.5) is 10.2 Å². The molecule has 0 aliphatic carbocycles. The Morgan fingerprint density at radius 3 is 3.00 bits per heavy atom. The highest BCUT2D eigenvalue weighted by Crippen LogP contribution is 2.47. The molecule has 1 aromatic heterocycles. The summed E-state index contributed by atoms with van der Waals surface area (Å²) in [6.45, 7) is 1.85. The number of nitrogens with zero attached hydrogens (tertiary/aromatic N) is 2. The third-order valence-corrected chi connectivity index (χ3v) is 3.71. The Morgan fingerprint density at radius 1 is 1.58 bits per heavy atom. The number of esters is 1. The quantitative estimate of drug-likeness (QED) is 0.710. The Balaban J connectivity index is 1.96. The maximum Gasteiger partial charge on any atom is 0.351 e. The van der Waals surface area contributed by atoms with Gasteiger partial charge in [-0.2, -0.15) is 4.98 Å². The van der Waals surface area contributed by atoms with Gasteiger partial charge in [0.05, 0.1) is 11.6 Å². The van der Waals surface area contributed by atoms with Gasteiger partial charge < -0.3 is 15.2 Å². The van der Waals surface area contributed by atoms with Crippen molar-refractivity contribution in [2.75, 3.05) is 12.3 Å². The van der Waals surface area contributed by atoms with Crippen LogP contribution in [0.2, 0.25) is 0 Å². The van der Waals surface area contributed by atoms with Gasteiger partial charge in [0.15, 0.2) is 11.6 Å². The maximum absolute atomic E-state index is 13.4. The van der Waals surface area contributed by atoms with Gasteiger partial charge in [0.1, 0.15) is 18.9 Å². The average molecular weight is 269 g/mol. The molecule has 0 spiro atoms. The molecule has 2 fully saturated rings. The van der Waals surface area contributed by atoms with E-state index in [1.165, 1.54) is 0 Å². The minimum absolute atomic E-state index is 0.144. The summed E-state index contributed by atoms with van der Waals surface area (Å²) in [5, 5.41) is 0. The maximum atomic E-state index is 13.4. The zero-order valence-corrected chi connectivity index (χ0v) is 10.1. The summed E-state index contributed by atoms with van der Waals surface area (Å²) in [7, 11) is 0. The monoisotopic (exact) mass is 269 g/mol. The first-order valence-corrected chi connectivity index (χ1v) is 5.78. The van der Waals surface area contributed by atoms with Gasteiger partial charge in [0.25, 0.3) is 0 Å². The van der Waals surface area contributed by atoms with Crippen molar-refractivity contribution >= 4 is 11.8 Å². The molecule has 0 aromatic carbocycles. The van der Waals surface area contributed by atoms with Gasteiger partial charge in [0.2, 0.25) is 0 Å². The molecule has 0 radical (unpaired) electrons. The van der Waals surface area contributed by atoms with Crippen molar-refractivity contribution in [2.24, 2.45) is 5.41 Å². The zero-order chi connectivity index (χ0) is 13.8. The van der Waals surface area contributed by atoms with E-state index in [1.54, 1.807) is 6.92 Å². The minimum Gasteiger partial charge on any atom is -0.462 e. The first kappa shape index (κ1) is 12.1. The van der Waals surface area contributed by atoms with Crippen LogP contribution in [0.5, 0.6) is 0 Å². The summed E-state index contributed by atoms with van der Waals surface area (Å²) < 4.78 is 24.9. The van der Waals surface area contributed by atoms with E-state index in [1.807, 2.05) is 0 Å². The van der Waals surface area contributed by atoms with Gasteiger partial charge in [-0.1, -0.05) is 0 Å². The molecule has 2 saturated heterocycles. The molecule has 2 aliphatic heterocycles. The van der Waals surface area contributed by atoms with E-state index in [0.29, 0.717) is 0 Å². The Hall–Kier alpha value is -1.96. The number of ether oxygens (including phenoxy) is 2. The molecule has 2 unspecified atom stereocenters. The molecule has 1 aromatic rings. The predicted molar refractivity (Wildman–Crippen MR) is 60.5 cm³/mol. The number of rotatable bonds is 1. The summed E-state index contributed by atoms with van der Waals surface area (Å²) in [5.41, 5.74) is 3.70. The number of nitrogen functional groups attached to an aromatic ring is 1. The molecule has 3 atom stereocenters. The van der Waals surface area contributed by atoms with E-state index in [0.717, 1.165) is 10.8 Å². The van der Waals surface area contributed by atoms with Crippen molar-refractivity contribution in [3.8, 4) is 0 Å². The van der Waals surface area contributed by atoms with Crippen LogP contribution >= 0.6 is 0 Å². The summed E-state index contributed by atoms with van der Waals surface area (Å²) in [6, 6.07) is 0. The minimum atomic E-state index is -0.804. The van der Waals surface area contributed by atoms with Crippen LogP contribution < -0.4 is 11.4 Å². The van der Waals surface area contributed by atoms with E-state index < -0.39 is 35.1 Å². The number of aromatic nitrogens is 2. The van der Waals surface area contributed by atoms with Gasteiger partial charge in [-0.25, -0.2) is 9.18 Å². The average Bonchev–Trinajstić information content (AvgIpc) is 2.81. The molecule has 2 aliphatic rings. The van der Waals surface area contributed by atoms with Gasteiger partial charge in [-0.05, 0) is 6.92 Å². The number of anilines is 1. The molecule has 19 heavy (non-hydrogen) atoms. The number of halogens is 1. The van der Waals surface area contributed by atoms with E-state index in [4.69, 9.17) is 15.2 Å². The fraction of sp³-hybridized carbons (Fsp3) is 0.545. The third kappa shape index (κ3) is 1.63. The number of carbonyl (C=O) groups is 1. The lowest BCUT2D eigenvalue weighted by Crippen LogP contribution is -2.30. The highest BCUT2D eigenvalue weighted by molar-refractivity contribution is 5.79. The van der Waals surface area contributed by atoms with Crippen molar-refractivity contribution in [1.82, 2.24) is 9.55 Å². The third-order valence-electron chi connectivity index (χ3n) is 3.71. The lowest BCUT2D eigenvalue weighted by Gasteiger charge is -2.15. The summed E-state index contributed by atoms with van der Waals surface area (Å²) in [4.78, 5) is 26.7. The van der Waals surface area contributed by atoms with Crippen LogP contribution in [0.15, 0.2) is 11.0 Å². The molecule has 8 heteroatoms. The number of fused-ring (bicyclic) bond motifs is 1. The smallest absolute Gasteiger partial charge is 0.351 e. The van der Waals surface area contributed by atoms with Crippen LogP contribution in [0, 0.1) is 11.2 Å². The van der Waals surface area contributed by atoms with Gasteiger partial charge >= 0.3 is 11.7 Å². The summed E-state index contributed by atoms with van der Waals surface area (Å²) >= 11 is 0. The lowest BCUT2D eigenvalue weighted by atomic mass is 9.85. The zero-order valence-electron chi connectivity index (χ0n) is 10.1. The Labute approximate surface area is 107 Å². The predicted octanol–water partition coefficient (Wildman–Crippen LogP) is -0.185. The molecule has 3 heterocycles. The Kier molecular flexibility index (Phi) is 2.40. The van der Waals surface area contributed by atoms with Crippen LogP contribution in [0.25, 0.3) is 0 Å². The largest absolute Gasteiger partial charge is 0.462 e. The highest BCUT2D eigenvalue weighted by atomic mass is 19.1. The number of cyclic esters (lactones) is 1. The number of hydrogen-bond donors (Lipinski definition) is 1. The molecule has 2 N–H and O–H groups in total. The fourth-order valence-electron chi connectivity index (χ4n) is 2.46. The Bertz CT molecular complexity index is 616. The SMILES string of the molecule is CC12CC(n3cc(F)c(N)nc3=O)O[C@@H]1COC2=O. The van der Waals surface area contributed by atoms with Crippen molar-refractivity contribution < 1.29 is 18.7 Å². The van der Waals surface area contributed by atoms with E-state index in [-0.39, 0.29) is 19.0 Å². The molecule has 102 valence electrons. The molecular formula is C11H12FN3O4. The van der Waals surface area contributed by atoms with Crippen molar-refractivity contribution in [1.29, 1.82) is 0 Å². The van der Waals surface area contributed by atoms with Crippen LogP contribution in [0.3, 0.4) is 0 Å². The second-order valence-corrected chi connectivity index (χ2v) is 4.96. The van der Waals surface area contributed by atoms with Gasteiger partial charge in [-0.3, -0.25) is 9.36 Å².